The zero-order valence-corrected chi connectivity index (χ0v) is 15.0. The molecule has 23 heavy (non-hydrogen) atoms. The number of nitrogens with zero attached hydrogens (tertiary/aromatic N) is 1. The predicted octanol–water partition coefficient (Wildman–Crippen LogP) is 6.00. The van der Waals surface area contributed by atoms with Crippen LogP contribution >= 0.6 is 11.6 Å². The van der Waals surface area contributed by atoms with Crippen molar-refractivity contribution in [2.75, 3.05) is 13.1 Å². The van der Waals surface area contributed by atoms with Gasteiger partial charge in [-0.2, -0.15) is 0 Å². The summed E-state index contributed by atoms with van der Waals surface area (Å²) in [6.45, 7) is 5.60. The van der Waals surface area contributed by atoms with Gasteiger partial charge in [0.15, 0.2) is 0 Å². The van der Waals surface area contributed by atoms with Gasteiger partial charge in [0, 0.05) is 24.7 Å². The Morgan fingerprint density at radius 2 is 1.74 bits per heavy atom. The molecule has 3 rings (SSSR count). The minimum Gasteiger partial charge on any atom is -0.295 e. The molecule has 0 atom stereocenters. The Kier molecular flexibility index (Phi) is 5.96. The van der Waals surface area contributed by atoms with Crippen molar-refractivity contribution in [2.45, 2.75) is 52.0 Å². The second-order valence-corrected chi connectivity index (χ2v) is 7.75. The van der Waals surface area contributed by atoms with Gasteiger partial charge in [-0.25, -0.2) is 0 Å². The summed E-state index contributed by atoms with van der Waals surface area (Å²) in [5.41, 5.74) is 4.42. The van der Waals surface area contributed by atoms with E-state index < -0.39 is 0 Å². The van der Waals surface area contributed by atoms with Crippen LogP contribution in [0.4, 0.5) is 0 Å². The van der Waals surface area contributed by atoms with Gasteiger partial charge in [-0.1, -0.05) is 66.3 Å². The van der Waals surface area contributed by atoms with E-state index in [1.54, 1.807) is 5.57 Å². The summed E-state index contributed by atoms with van der Waals surface area (Å²) in [7, 11) is 0. The number of hydrogen-bond acceptors (Lipinski definition) is 1. The Morgan fingerprint density at radius 1 is 1.00 bits per heavy atom. The third-order valence-corrected chi connectivity index (χ3v) is 5.35. The number of benzene rings is 1. The van der Waals surface area contributed by atoms with E-state index in [4.69, 9.17) is 11.6 Å². The Bertz CT molecular complexity index is 564. The summed E-state index contributed by atoms with van der Waals surface area (Å²) in [4.78, 5) is 2.65. The smallest absolute Gasteiger partial charge is 0.0406 e. The van der Waals surface area contributed by atoms with Gasteiger partial charge in [0.25, 0.3) is 0 Å². The first-order valence-corrected chi connectivity index (χ1v) is 9.39. The van der Waals surface area contributed by atoms with Gasteiger partial charge in [0.05, 0.1) is 0 Å². The molecule has 2 aliphatic carbocycles. The third-order valence-electron chi connectivity index (χ3n) is 5.10. The van der Waals surface area contributed by atoms with Crippen LogP contribution in [0.25, 0.3) is 0 Å². The summed E-state index contributed by atoms with van der Waals surface area (Å²) in [5, 5.41) is 0.825. The first kappa shape index (κ1) is 16.8. The molecule has 0 saturated heterocycles. The van der Waals surface area contributed by atoms with Gasteiger partial charge in [-0.15, -0.1) is 0 Å². The monoisotopic (exact) mass is 329 g/mol. The molecular formula is C21H28ClN. The molecule has 0 spiro atoms. The van der Waals surface area contributed by atoms with Crippen LogP contribution in [-0.4, -0.2) is 18.0 Å². The van der Waals surface area contributed by atoms with Crippen molar-refractivity contribution in [3.63, 3.8) is 0 Å². The molecule has 0 amide bonds. The molecule has 1 aromatic carbocycles. The number of halogens is 1. The molecule has 0 aromatic heterocycles. The maximum absolute atomic E-state index is 6.03. The van der Waals surface area contributed by atoms with E-state index in [1.807, 2.05) is 12.1 Å². The maximum atomic E-state index is 6.03. The lowest BCUT2D eigenvalue weighted by Crippen LogP contribution is -2.31. The van der Waals surface area contributed by atoms with Crippen LogP contribution in [0.2, 0.25) is 5.02 Å². The van der Waals surface area contributed by atoms with Crippen LogP contribution in [0.1, 0.15) is 51.0 Å². The summed E-state index contributed by atoms with van der Waals surface area (Å²) in [5.74, 6) is 0.882. The average Bonchev–Trinajstić information content (AvgIpc) is 2.95. The second-order valence-electron chi connectivity index (χ2n) is 7.31. The molecule has 124 valence electrons. The van der Waals surface area contributed by atoms with Crippen molar-refractivity contribution in [1.82, 2.24) is 4.90 Å². The zero-order chi connectivity index (χ0) is 16.1. The van der Waals surface area contributed by atoms with Crippen molar-refractivity contribution in [1.29, 1.82) is 0 Å². The predicted molar refractivity (Wildman–Crippen MR) is 99.8 cm³/mol. The fourth-order valence-electron chi connectivity index (χ4n) is 3.90. The van der Waals surface area contributed by atoms with Gasteiger partial charge in [-0.3, -0.25) is 4.90 Å². The van der Waals surface area contributed by atoms with Gasteiger partial charge in [-0.05, 0) is 49.8 Å². The Morgan fingerprint density at radius 3 is 2.39 bits per heavy atom. The standard InChI is InChI=1S/C21H28ClN/c1-17-7-8-20(13-17)16-23(14-18-5-3-2-4-6-18)15-19-9-11-21(22)12-10-19/h7-12,18H,2-6,13-16H2,1H3. The fraction of sp³-hybridized carbons (Fsp3) is 0.524. The highest BCUT2D eigenvalue weighted by Gasteiger charge is 2.19. The average molecular weight is 330 g/mol. The highest BCUT2D eigenvalue weighted by Crippen LogP contribution is 2.27. The van der Waals surface area contributed by atoms with E-state index in [1.165, 1.54) is 49.8 Å². The maximum Gasteiger partial charge on any atom is 0.0406 e. The Hall–Kier alpha value is -1.05. The SMILES string of the molecule is CC1=CC=C(CN(Cc2ccc(Cl)cc2)CC2CCCCC2)C1. The molecule has 1 nitrogen and oxygen atoms in total. The quantitative estimate of drug-likeness (QED) is 0.618. The van der Waals surface area contributed by atoms with Gasteiger partial charge in [0.1, 0.15) is 0 Å². The van der Waals surface area contributed by atoms with Crippen molar-refractivity contribution >= 4 is 11.6 Å². The largest absolute Gasteiger partial charge is 0.295 e. The first-order valence-electron chi connectivity index (χ1n) is 9.01. The number of allylic oxidation sites excluding steroid dienone is 3. The van der Waals surface area contributed by atoms with Crippen LogP contribution in [0.3, 0.4) is 0 Å². The molecule has 0 aliphatic heterocycles. The number of hydrogen-bond donors (Lipinski definition) is 0. The summed E-state index contributed by atoms with van der Waals surface area (Å²) in [6.07, 6.45) is 12.8. The van der Waals surface area contributed by atoms with E-state index in [0.29, 0.717) is 0 Å². The molecule has 1 saturated carbocycles. The van der Waals surface area contributed by atoms with E-state index in [9.17, 15) is 0 Å². The molecule has 1 fully saturated rings. The lowest BCUT2D eigenvalue weighted by Gasteiger charge is -2.30. The fourth-order valence-corrected chi connectivity index (χ4v) is 4.03. The lowest BCUT2D eigenvalue weighted by atomic mass is 9.88. The Balaban J connectivity index is 1.63. The molecular weight excluding hydrogens is 302 g/mol. The van der Waals surface area contributed by atoms with Crippen LogP contribution in [0, 0.1) is 5.92 Å². The van der Waals surface area contributed by atoms with Gasteiger partial charge >= 0.3 is 0 Å². The molecule has 2 aliphatic rings. The van der Waals surface area contributed by atoms with Crippen LogP contribution < -0.4 is 0 Å². The highest BCUT2D eigenvalue weighted by atomic mass is 35.5. The van der Waals surface area contributed by atoms with E-state index in [0.717, 1.165) is 30.5 Å². The molecule has 0 unspecified atom stereocenters. The molecule has 2 heteroatoms. The topological polar surface area (TPSA) is 3.24 Å². The highest BCUT2D eigenvalue weighted by molar-refractivity contribution is 6.30. The molecule has 1 aromatic rings. The van der Waals surface area contributed by atoms with Crippen molar-refractivity contribution in [3.05, 3.63) is 58.1 Å². The van der Waals surface area contributed by atoms with Gasteiger partial charge in [0.2, 0.25) is 0 Å². The van der Waals surface area contributed by atoms with E-state index in [-0.39, 0.29) is 0 Å². The molecule has 0 radical (unpaired) electrons. The minimum atomic E-state index is 0.825. The van der Waals surface area contributed by atoms with Gasteiger partial charge < -0.3 is 0 Å². The number of rotatable bonds is 6. The lowest BCUT2D eigenvalue weighted by molar-refractivity contribution is 0.206. The third kappa shape index (κ3) is 5.22. The van der Waals surface area contributed by atoms with Crippen LogP contribution in [-0.2, 0) is 6.54 Å². The van der Waals surface area contributed by atoms with Crippen molar-refractivity contribution < 1.29 is 0 Å². The van der Waals surface area contributed by atoms with Crippen LogP contribution in [0.15, 0.2) is 47.6 Å². The summed E-state index contributed by atoms with van der Waals surface area (Å²) < 4.78 is 0. The van der Waals surface area contributed by atoms with Crippen LogP contribution in [0.5, 0.6) is 0 Å². The van der Waals surface area contributed by atoms with Crippen molar-refractivity contribution in [2.24, 2.45) is 5.92 Å². The summed E-state index contributed by atoms with van der Waals surface area (Å²) >= 11 is 6.03. The van der Waals surface area contributed by atoms with E-state index >= 15 is 0 Å². The molecule has 0 bridgehead atoms. The normalized spacial score (nSPS) is 19.1. The summed E-state index contributed by atoms with van der Waals surface area (Å²) in [6, 6.07) is 8.36. The Labute approximate surface area is 146 Å². The van der Waals surface area contributed by atoms with Crippen molar-refractivity contribution in [3.8, 4) is 0 Å². The molecule has 0 N–H and O–H groups in total. The zero-order valence-electron chi connectivity index (χ0n) is 14.2. The molecule has 0 heterocycles. The minimum absolute atomic E-state index is 0.825. The second kappa shape index (κ2) is 8.17. The van der Waals surface area contributed by atoms with E-state index in [2.05, 4.69) is 36.1 Å². The first-order chi connectivity index (χ1) is 11.2.